The smallest absolute Gasteiger partial charge is 0.194 e. The van der Waals surface area contributed by atoms with Crippen molar-refractivity contribution in [1.29, 1.82) is 0 Å². The van der Waals surface area contributed by atoms with E-state index < -0.39 is 0 Å². The summed E-state index contributed by atoms with van der Waals surface area (Å²) in [6, 6.07) is 2.63. The van der Waals surface area contributed by atoms with Crippen molar-refractivity contribution in [1.82, 2.24) is 20.3 Å². The Kier molecular flexibility index (Phi) is 9.78. The lowest BCUT2D eigenvalue weighted by atomic mass is 10.1. The number of likely N-dealkylation sites (tertiary alicyclic amines) is 1. The first-order chi connectivity index (χ1) is 11.5. The van der Waals surface area contributed by atoms with Gasteiger partial charge in [-0.05, 0) is 38.8 Å². The SMILES string of the molecule is CCNC(=NCc1cc(C(C)C)no1)N(C)CC1CCCN1CC.I. The van der Waals surface area contributed by atoms with Crippen molar-refractivity contribution in [2.45, 2.75) is 59.0 Å². The van der Waals surface area contributed by atoms with Crippen LogP contribution in [0.2, 0.25) is 0 Å². The highest BCUT2D eigenvalue weighted by molar-refractivity contribution is 14.0. The average Bonchev–Trinajstić information content (AvgIpc) is 3.20. The monoisotopic (exact) mass is 463 g/mol. The molecule has 0 radical (unpaired) electrons. The molecule has 7 heteroatoms. The molecule has 1 aromatic rings. The number of hydrogen-bond donors (Lipinski definition) is 1. The van der Waals surface area contributed by atoms with Crippen LogP contribution in [0.5, 0.6) is 0 Å². The lowest BCUT2D eigenvalue weighted by molar-refractivity contribution is 0.232. The lowest BCUT2D eigenvalue weighted by Crippen LogP contribution is -2.45. The molecule has 2 heterocycles. The second-order valence-electron chi connectivity index (χ2n) is 6.85. The quantitative estimate of drug-likeness (QED) is 0.382. The van der Waals surface area contributed by atoms with Crippen LogP contribution in [0.25, 0.3) is 0 Å². The van der Waals surface area contributed by atoms with E-state index >= 15 is 0 Å². The highest BCUT2D eigenvalue weighted by Gasteiger charge is 2.25. The Morgan fingerprint density at radius 3 is 2.84 bits per heavy atom. The number of halogens is 1. The van der Waals surface area contributed by atoms with Crippen LogP contribution < -0.4 is 5.32 Å². The van der Waals surface area contributed by atoms with Gasteiger partial charge in [-0.25, -0.2) is 4.99 Å². The Morgan fingerprint density at radius 1 is 1.48 bits per heavy atom. The molecule has 1 N–H and O–H groups in total. The van der Waals surface area contributed by atoms with Crippen LogP contribution in [-0.4, -0.2) is 60.2 Å². The highest BCUT2D eigenvalue weighted by Crippen LogP contribution is 2.18. The first-order valence-corrected chi connectivity index (χ1v) is 9.24. The average molecular weight is 463 g/mol. The third-order valence-corrected chi connectivity index (χ3v) is 4.64. The van der Waals surface area contributed by atoms with Gasteiger partial charge in [0.1, 0.15) is 6.54 Å². The van der Waals surface area contributed by atoms with Crippen molar-refractivity contribution in [2.75, 3.05) is 33.2 Å². The van der Waals surface area contributed by atoms with Crippen LogP contribution in [0, 0.1) is 0 Å². The molecular weight excluding hydrogens is 429 g/mol. The lowest BCUT2D eigenvalue weighted by Gasteiger charge is -2.29. The van der Waals surface area contributed by atoms with E-state index in [9.17, 15) is 0 Å². The van der Waals surface area contributed by atoms with Gasteiger partial charge in [-0.2, -0.15) is 0 Å². The minimum atomic E-state index is 0. The van der Waals surface area contributed by atoms with E-state index in [2.05, 4.69) is 55.0 Å². The summed E-state index contributed by atoms with van der Waals surface area (Å²) in [4.78, 5) is 9.53. The number of nitrogens with zero attached hydrogens (tertiary/aromatic N) is 4. The minimum absolute atomic E-state index is 0. The number of nitrogens with one attached hydrogen (secondary N) is 1. The summed E-state index contributed by atoms with van der Waals surface area (Å²) in [5.74, 6) is 2.13. The van der Waals surface area contributed by atoms with Crippen LogP contribution in [0.4, 0.5) is 0 Å². The number of aliphatic imine (C=N–C) groups is 1. The third-order valence-electron chi connectivity index (χ3n) is 4.64. The molecule has 1 aliphatic rings. The summed E-state index contributed by atoms with van der Waals surface area (Å²) in [5.41, 5.74) is 0.989. The van der Waals surface area contributed by atoms with Crippen LogP contribution in [-0.2, 0) is 6.54 Å². The predicted molar refractivity (Wildman–Crippen MR) is 114 cm³/mol. The summed E-state index contributed by atoms with van der Waals surface area (Å²) in [7, 11) is 2.12. The fourth-order valence-electron chi connectivity index (χ4n) is 3.22. The maximum absolute atomic E-state index is 5.39. The second kappa shape index (κ2) is 11.0. The number of guanidine groups is 1. The van der Waals surface area contributed by atoms with Crippen LogP contribution in [0.1, 0.15) is 57.9 Å². The van der Waals surface area contributed by atoms with Gasteiger partial charge in [-0.15, -0.1) is 24.0 Å². The summed E-state index contributed by atoms with van der Waals surface area (Å²) in [6.45, 7) is 13.3. The van der Waals surface area contributed by atoms with Crippen molar-refractivity contribution >= 4 is 29.9 Å². The van der Waals surface area contributed by atoms with E-state index in [1.807, 2.05) is 6.07 Å². The zero-order valence-corrected chi connectivity index (χ0v) is 18.6. The third kappa shape index (κ3) is 6.44. The van der Waals surface area contributed by atoms with Crippen LogP contribution in [0.3, 0.4) is 0 Å². The second-order valence-corrected chi connectivity index (χ2v) is 6.85. The zero-order chi connectivity index (χ0) is 17.5. The van der Waals surface area contributed by atoms with Gasteiger partial charge in [0.05, 0.1) is 5.69 Å². The van der Waals surface area contributed by atoms with Gasteiger partial charge in [0, 0.05) is 32.2 Å². The molecule has 1 fully saturated rings. The van der Waals surface area contributed by atoms with E-state index in [1.54, 1.807) is 0 Å². The molecule has 25 heavy (non-hydrogen) atoms. The topological polar surface area (TPSA) is 56.9 Å². The summed E-state index contributed by atoms with van der Waals surface area (Å²) < 4.78 is 5.39. The Labute approximate surface area is 169 Å². The molecule has 6 nitrogen and oxygen atoms in total. The molecule has 1 aromatic heterocycles. The molecule has 0 amide bonds. The van der Waals surface area contributed by atoms with Crippen molar-refractivity contribution in [3.63, 3.8) is 0 Å². The number of likely N-dealkylation sites (N-methyl/N-ethyl adjacent to an activating group) is 2. The van der Waals surface area contributed by atoms with E-state index in [1.165, 1.54) is 19.4 Å². The van der Waals surface area contributed by atoms with Crippen molar-refractivity contribution in [3.05, 3.63) is 17.5 Å². The molecule has 0 bridgehead atoms. The predicted octanol–water partition coefficient (Wildman–Crippen LogP) is 3.30. The Bertz CT molecular complexity index is 531. The fraction of sp³-hybridized carbons (Fsp3) is 0.778. The normalized spacial score (nSPS) is 18.5. The summed E-state index contributed by atoms with van der Waals surface area (Å²) >= 11 is 0. The minimum Gasteiger partial charge on any atom is -0.359 e. The van der Waals surface area contributed by atoms with E-state index in [0.717, 1.165) is 37.0 Å². The highest BCUT2D eigenvalue weighted by atomic mass is 127. The zero-order valence-electron chi connectivity index (χ0n) is 16.3. The van der Waals surface area contributed by atoms with Gasteiger partial charge in [-0.1, -0.05) is 25.9 Å². The molecule has 1 saturated heterocycles. The number of aromatic nitrogens is 1. The molecule has 1 unspecified atom stereocenters. The van der Waals surface area contributed by atoms with Crippen molar-refractivity contribution < 1.29 is 4.52 Å². The molecule has 0 saturated carbocycles. The van der Waals surface area contributed by atoms with Crippen molar-refractivity contribution in [2.24, 2.45) is 4.99 Å². The summed E-state index contributed by atoms with van der Waals surface area (Å²) in [6.07, 6.45) is 2.58. The van der Waals surface area contributed by atoms with Gasteiger partial charge < -0.3 is 14.7 Å². The molecule has 144 valence electrons. The van der Waals surface area contributed by atoms with Gasteiger partial charge >= 0.3 is 0 Å². The van der Waals surface area contributed by atoms with E-state index in [4.69, 9.17) is 9.52 Å². The van der Waals surface area contributed by atoms with Gasteiger partial charge in [0.2, 0.25) is 0 Å². The molecule has 0 aliphatic carbocycles. The van der Waals surface area contributed by atoms with Crippen molar-refractivity contribution in [3.8, 4) is 0 Å². The standard InChI is InChI=1S/C18H33N5O.HI/c1-6-19-18(20-12-16-11-17(14(3)4)21-24-16)22(5)13-15-9-8-10-23(15)7-2;/h11,14-15H,6-10,12-13H2,1-5H3,(H,19,20);1H. The first-order valence-electron chi connectivity index (χ1n) is 9.24. The van der Waals surface area contributed by atoms with E-state index in [-0.39, 0.29) is 24.0 Å². The molecule has 2 rings (SSSR count). The molecular formula is C18H34IN5O. The Morgan fingerprint density at radius 2 is 2.24 bits per heavy atom. The van der Waals surface area contributed by atoms with Crippen LogP contribution in [0.15, 0.2) is 15.6 Å². The number of rotatable bonds is 7. The molecule has 0 spiro atoms. The molecule has 1 atom stereocenters. The van der Waals surface area contributed by atoms with Gasteiger partial charge in [0.25, 0.3) is 0 Å². The fourth-order valence-corrected chi connectivity index (χ4v) is 3.22. The first kappa shape index (κ1) is 22.2. The Balaban J connectivity index is 0.00000312. The maximum atomic E-state index is 5.39. The maximum Gasteiger partial charge on any atom is 0.194 e. The molecule has 1 aliphatic heterocycles. The van der Waals surface area contributed by atoms with Gasteiger partial charge in [-0.3, -0.25) is 4.90 Å². The largest absolute Gasteiger partial charge is 0.359 e. The van der Waals surface area contributed by atoms with E-state index in [0.29, 0.717) is 18.5 Å². The van der Waals surface area contributed by atoms with Gasteiger partial charge in [0.15, 0.2) is 11.7 Å². The number of hydrogen-bond acceptors (Lipinski definition) is 4. The Hall–Kier alpha value is -0.830. The van der Waals surface area contributed by atoms with Crippen LogP contribution >= 0.6 is 24.0 Å². The summed E-state index contributed by atoms with van der Waals surface area (Å²) in [5, 5.41) is 7.49. The molecule has 0 aromatic carbocycles.